The number of imide groups is 1. The minimum atomic E-state index is -1.13. The highest BCUT2D eigenvalue weighted by molar-refractivity contribution is 9.10. The molecule has 3 amide bonds. The van der Waals surface area contributed by atoms with Crippen LogP contribution in [-0.4, -0.2) is 29.1 Å². The molecule has 1 heterocycles. The van der Waals surface area contributed by atoms with Gasteiger partial charge < -0.3 is 10.4 Å². The summed E-state index contributed by atoms with van der Waals surface area (Å²) in [5, 5.41) is 11.0. The van der Waals surface area contributed by atoms with Crippen molar-refractivity contribution in [3.63, 3.8) is 0 Å². The zero-order chi connectivity index (χ0) is 13.3. The van der Waals surface area contributed by atoms with Gasteiger partial charge >= 0.3 is 12.0 Å². The molecule has 1 atom stereocenters. The van der Waals surface area contributed by atoms with Gasteiger partial charge in [0, 0.05) is 4.47 Å². The zero-order valence-electron chi connectivity index (χ0n) is 9.09. The SMILES string of the molecule is O=C(O)C[C@@H]1NC(=O)N(c2ccc(Br)cc2)C1=O. The van der Waals surface area contributed by atoms with E-state index in [1.807, 2.05) is 0 Å². The summed E-state index contributed by atoms with van der Waals surface area (Å²) in [6, 6.07) is 4.99. The van der Waals surface area contributed by atoms with Gasteiger partial charge in [-0.05, 0) is 24.3 Å². The Morgan fingerprint density at radius 2 is 1.94 bits per heavy atom. The molecule has 0 spiro atoms. The van der Waals surface area contributed by atoms with Crippen LogP contribution in [0.1, 0.15) is 6.42 Å². The highest BCUT2D eigenvalue weighted by Gasteiger charge is 2.39. The molecule has 1 saturated heterocycles. The third-order valence-corrected chi connectivity index (χ3v) is 3.01. The molecule has 0 bridgehead atoms. The summed E-state index contributed by atoms with van der Waals surface area (Å²) < 4.78 is 0.820. The second-order valence-electron chi connectivity index (χ2n) is 3.75. The first kappa shape index (κ1) is 12.6. The van der Waals surface area contributed by atoms with Crippen LogP contribution in [0.4, 0.5) is 10.5 Å². The van der Waals surface area contributed by atoms with E-state index < -0.39 is 30.4 Å². The molecule has 0 saturated carbocycles. The van der Waals surface area contributed by atoms with Gasteiger partial charge in [0.05, 0.1) is 12.1 Å². The third kappa shape index (κ3) is 2.35. The van der Waals surface area contributed by atoms with Crippen LogP contribution in [0.5, 0.6) is 0 Å². The number of rotatable bonds is 3. The van der Waals surface area contributed by atoms with Gasteiger partial charge in [0.25, 0.3) is 5.91 Å². The number of halogens is 1. The van der Waals surface area contributed by atoms with Gasteiger partial charge in [-0.15, -0.1) is 0 Å². The number of hydrogen-bond donors (Lipinski definition) is 2. The van der Waals surface area contributed by atoms with E-state index in [1.165, 1.54) is 0 Å². The summed E-state index contributed by atoms with van der Waals surface area (Å²) in [5.41, 5.74) is 0.411. The lowest BCUT2D eigenvalue weighted by molar-refractivity contribution is -0.139. The molecule has 0 unspecified atom stereocenters. The van der Waals surface area contributed by atoms with Crippen LogP contribution in [0.3, 0.4) is 0 Å². The van der Waals surface area contributed by atoms with E-state index in [0.717, 1.165) is 9.37 Å². The maximum absolute atomic E-state index is 11.9. The number of nitrogens with zero attached hydrogens (tertiary/aromatic N) is 1. The molecule has 2 rings (SSSR count). The lowest BCUT2D eigenvalue weighted by atomic mass is 10.2. The fraction of sp³-hybridized carbons (Fsp3) is 0.182. The van der Waals surface area contributed by atoms with Crippen molar-refractivity contribution in [2.45, 2.75) is 12.5 Å². The van der Waals surface area contributed by atoms with E-state index in [4.69, 9.17) is 5.11 Å². The number of nitrogens with one attached hydrogen (secondary N) is 1. The van der Waals surface area contributed by atoms with E-state index in [1.54, 1.807) is 24.3 Å². The molecule has 1 aliphatic rings. The molecular formula is C11H9BrN2O4. The van der Waals surface area contributed by atoms with Gasteiger partial charge in [-0.25, -0.2) is 9.69 Å². The predicted octanol–water partition coefficient (Wildman–Crippen LogP) is 1.35. The van der Waals surface area contributed by atoms with Crippen LogP contribution in [0.15, 0.2) is 28.7 Å². The van der Waals surface area contributed by atoms with E-state index in [9.17, 15) is 14.4 Å². The van der Waals surface area contributed by atoms with Gasteiger partial charge in [0.15, 0.2) is 0 Å². The number of carboxylic acids is 1. The molecule has 6 nitrogen and oxygen atoms in total. The van der Waals surface area contributed by atoms with Crippen molar-refractivity contribution in [3.8, 4) is 0 Å². The summed E-state index contributed by atoms with van der Waals surface area (Å²) in [6.07, 6.45) is -0.419. The second kappa shape index (κ2) is 4.77. The maximum atomic E-state index is 11.9. The predicted molar refractivity (Wildman–Crippen MR) is 66.2 cm³/mol. The molecule has 18 heavy (non-hydrogen) atoms. The van der Waals surface area contributed by atoms with Crippen molar-refractivity contribution in [2.24, 2.45) is 0 Å². The van der Waals surface area contributed by atoms with Crippen molar-refractivity contribution >= 4 is 39.5 Å². The highest BCUT2D eigenvalue weighted by Crippen LogP contribution is 2.22. The van der Waals surface area contributed by atoms with E-state index >= 15 is 0 Å². The minimum Gasteiger partial charge on any atom is -0.481 e. The van der Waals surface area contributed by atoms with Gasteiger partial charge in [-0.3, -0.25) is 9.59 Å². The lowest BCUT2D eigenvalue weighted by Gasteiger charge is -2.12. The number of hydrogen-bond acceptors (Lipinski definition) is 3. The number of carbonyl (C=O) groups excluding carboxylic acids is 2. The molecule has 1 aromatic carbocycles. The quantitative estimate of drug-likeness (QED) is 0.825. The largest absolute Gasteiger partial charge is 0.481 e. The number of anilines is 1. The van der Waals surface area contributed by atoms with Crippen LogP contribution in [-0.2, 0) is 9.59 Å². The van der Waals surface area contributed by atoms with Crippen molar-refractivity contribution in [2.75, 3.05) is 4.90 Å². The first-order valence-corrected chi connectivity index (χ1v) is 5.90. The standard InChI is InChI=1S/C11H9BrN2O4/c12-6-1-3-7(4-2-6)14-10(17)8(5-9(15)16)13-11(14)18/h1-4,8H,5H2,(H,13,18)(H,15,16)/t8-/m0/s1. The highest BCUT2D eigenvalue weighted by atomic mass is 79.9. The normalized spacial score (nSPS) is 18.9. The topological polar surface area (TPSA) is 86.7 Å². The summed E-state index contributed by atoms with van der Waals surface area (Å²) >= 11 is 3.25. The molecule has 7 heteroatoms. The van der Waals surface area contributed by atoms with E-state index in [2.05, 4.69) is 21.2 Å². The first-order valence-electron chi connectivity index (χ1n) is 5.11. The number of urea groups is 1. The summed E-state index contributed by atoms with van der Waals surface area (Å²) in [6.45, 7) is 0. The molecule has 1 aliphatic heterocycles. The zero-order valence-corrected chi connectivity index (χ0v) is 10.7. The minimum absolute atomic E-state index is 0.411. The fourth-order valence-corrected chi connectivity index (χ4v) is 1.94. The number of carbonyl (C=O) groups is 3. The Morgan fingerprint density at radius 3 is 2.50 bits per heavy atom. The van der Waals surface area contributed by atoms with Gasteiger partial charge in [0.2, 0.25) is 0 Å². The Kier molecular flexibility index (Phi) is 3.33. The van der Waals surface area contributed by atoms with E-state index in [-0.39, 0.29) is 0 Å². The van der Waals surface area contributed by atoms with Crippen molar-refractivity contribution in [1.82, 2.24) is 5.32 Å². The third-order valence-electron chi connectivity index (χ3n) is 2.48. The van der Waals surface area contributed by atoms with Gasteiger partial charge in [-0.2, -0.15) is 0 Å². The Morgan fingerprint density at radius 1 is 1.33 bits per heavy atom. The van der Waals surface area contributed by atoms with Crippen LogP contribution in [0.2, 0.25) is 0 Å². The van der Waals surface area contributed by atoms with Crippen molar-refractivity contribution < 1.29 is 19.5 Å². The van der Waals surface area contributed by atoms with Gasteiger partial charge in [-0.1, -0.05) is 15.9 Å². The molecule has 1 aromatic rings. The Labute approximate surface area is 111 Å². The lowest BCUT2D eigenvalue weighted by Crippen LogP contribution is -2.32. The van der Waals surface area contributed by atoms with Gasteiger partial charge in [0.1, 0.15) is 6.04 Å². The first-order chi connectivity index (χ1) is 8.49. The summed E-state index contributed by atoms with van der Waals surface area (Å²) in [7, 11) is 0. The van der Waals surface area contributed by atoms with Crippen LogP contribution >= 0.6 is 15.9 Å². The Balaban J connectivity index is 2.24. The molecule has 0 aromatic heterocycles. The smallest absolute Gasteiger partial charge is 0.329 e. The molecule has 2 N–H and O–H groups in total. The molecule has 0 radical (unpaired) electrons. The second-order valence-corrected chi connectivity index (χ2v) is 4.67. The van der Waals surface area contributed by atoms with Crippen molar-refractivity contribution in [3.05, 3.63) is 28.7 Å². The average Bonchev–Trinajstić information content (AvgIpc) is 2.55. The maximum Gasteiger partial charge on any atom is 0.329 e. The van der Waals surface area contributed by atoms with Crippen LogP contribution in [0, 0.1) is 0 Å². The molecule has 94 valence electrons. The molecule has 0 aliphatic carbocycles. The number of benzene rings is 1. The van der Waals surface area contributed by atoms with Crippen LogP contribution in [0.25, 0.3) is 0 Å². The number of amides is 3. The van der Waals surface area contributed by atoms with Crippen LogP contribution < -0.4 is 10.2 Å². The number of aliphatic carboxylic acids is 1. The Hall–Kier alpha value is -1.89. The van der Waals surface area contributed by atoms with E-state index in [0.29, 0.717) is 5.69 Å². The summed E-state index contributed by atoms with van der Waals surface area (Å²) in [5.74, 6) is -1.68. The average molecular weight is 313 g/mol. The molecular weight excluding hydrogens is 304 g/mol. The molecule has 1 fully saturated rings. The Bertz CT molecular complexity index is 514. The summed E-state index contributed by atoms with van der Waals surface area (Å²) in [4.78, 5) is 35.1. The fourth-order valence-electron chi connectivity index (χ4n) is 1.68. The number of carboxylic acid groups (broad SMARTS) is 1. The van der Waals surface area contributed by atoms with Crippen molar-refractivity contribution in [1.29, 1.82) is 0 Å². The monoisotopic (exact) mass is 312 g/mol.